The lowest BCUT2D eigenvalue weighted by Crippen LogP contribution is -2.51. The number of hydrogen-bond donors (Lipinski definition) is 1. The second kappa shape index (κ2) is 7.98. The first-order chi connectivity index (χ1) is 12.8. The van der Waals surface area contributed by atoms with E-state index in [0.717, 1.165) is 12.8 Å². The molecule has 2 aliphatic rings. The molecule has 1 saturated heterocycles. The van der Waals surface area contributed by atoms with Crippen molar-refractivity contribution >= 4 is 21.9 Å². The number of carboxylic acids is 1. The molecule has 1 saturated carbocycles. The number of piperidine rings is 1. The standard InChI is InChI=1S/C19H26N2O5S/c1-14(19(23)24)21(17-9-10-17)18(22)16-8-5-11-20(12-16)27(25,26)13-15-6-3-2-4-7-15/h2-4,6-7,14,16-17H,5,8-13H2,1H3,(H,23,24). The van der Waals surface area contributed by atoms with Crippen LogP contribution in [0.1, 0.15) is 38.2 Å². The van der Waals surface area contributed by atoms with Gasteiger partial charge in [-0.05, 0) is 38.2 Å². The molecule has 2 unspecified atom stereocenters. The van der Waals surface area contributed by atoms with E-state index in [2.05, 4.69) is 0 Å². The van der Waals surface area contributed by atoms with Gasteiger partial charge in [-0.2, -0.15) is 0 Å². The molecule has 27 heavy (non-hydrogen) atoms. The molecular weight excluding hydrogens is 368 g/mol. The Kier molecular flexibility index (Phi) is 5.86. The number of nitrogens with zero attached hydrogens (tertiary/aromatic N) is 2. The summed E-state index contributed by atoms with van der Waals surface area (Å²) in [4.78, 5) is 25.8. The predicted octanol–water partition coefficient (Wildman–Crippen LogP) is 1.69. The first-order valence-corrected chi connectivity index (χ1v) is 11.0. The van der Waals surface area contributed by atoms with E-state index < -0.39 is 28.0 Å². The molecule has 1 aliphatic heterocycles. The molecule has 1 N–H and O–H groups in total. The molecule has 0 spiro atoms. The van der Waals surface area contributed by atoms with Crippen LogP contribution in [0.25, 0.3) is 0 Å². The highest BCUT2D eigenvalue weighted by molar-refractivity contribution is 7.88. The third kappa shape index (κ3) is 4.68. The summed E-state index contributed by atoms with van der Waals surface area (Å²) in [5.74, 6) is -1.83. The maximum atomic E-state index is 13.0. The minimum Gasteiger partial charge on any atom is -0.480 e. The normalized spacial score (nSPS) is 22.2. The molecule has 0 aromatic heterocycles. The van der Waals surface area contributed by atoms with Crippen LogP contribution in [0.2, 0.25) is 0 Å². The fourth-order valence-electron chi connectivity index (χ4n) is 3.64. The third-order valence-electron chi connectivity index (χ3n) is 5.29. The Morgan fingerprint density at radius 3 is 2.48 bits per heavy atom. The van der Waals surface area contributed by atoms with E-state index in [-0.39, 0.29) is 24.2 Å². The lowest BCUT2D eigenvalue weighted by molar-refractivity contribution is -0.152. The van der Waals surface area contributed by atoms with Crippen LogP contribution in [-0.2, 0) is 25.4 Å². The number of rotatable bonds is 7. The summed E-state index contributed by atoms with van der Waals surface area (Å²) in [6.45, 7) is 2.05. The quantitative estimate of drug-likeness (QED) is 0.759. The van der Waals surface area contributed by atoms with Gasteiger partial charge in [-0.15, -0.1) is 0 Å². The van der Waals surface area contributed by atoms with Crippen molar-refractivity contribution < 1.29 is 23.1 Å². The summed E-state index contributed by atoms with van der Waals surface area (Å²) in [6.07, 6.45) is 2.81. The van der Waals surface area contributed by atoms with Gasteiger partial charge in [-0.1, -0.05) is 30.3 Å². The maximum Gasteiger partial charge on any atom is 0.326 e. The number of amides is 1. The first kappa shape index (κ1) is 19.8. The van der Waals surface area contributed by atoms with Crippen LogP contribution < -0.4 is 0 Å². The minimum absolute atomic E-state index is 0.0279. The maximum absolute atomic E-state index is 13.0. The van der Waals surface area contributed by atoms with Crippen LogP contribution in [-0.4, -0.2) is 59.8 Å². The summed E-state index contributed by atoms with van der Waals surface area (Å²) in [6, 6.07) is 8.06. The highest BCUT2D eigenvalue weighted by Gasteiger charge is 2.42. The fraction of sp³-hybridized carbons (Fsp3) is 0.579. The van der Waals surface area contributed by atoms with Crippen LogP contribution in [0.4, 0.5) is 0 Å². The predicted molar refractivity (Wildman–Crippen MR) is 100 cm³/mol. The largest absolute Gasteiger partial charge is 0.480 e. The molecule has 3 rings (SSSR count). The van der Waals surface area contributed by atoms with Crippen molar-refractivity contribution in [2.75, 3.05) is 13.1 Å². The molecule has 8 heteroatoms. The molecule has 2 atom stereocenters. The van der Waals surface area contributed by atoms with Crippen molar-refractivity contribution in [3.63, 3.8) is 0 Å². The first-order valence-electron chi connectivity index (χ1n) is 9.36. The van der Waals surface area contributed by atoms with Crippen LogP contribution in [0.3, 0.4) is 0 Å². The Bertz CT molecular complexity index is 792. The number of sulfonamides is 1. The van der Waals surface area contributed by atoms with Gasteiger partial charge in [-0.3, -0.25) is 4.79 Å². The Labute approximate surface area is 160 Å². The van der Waals surface area contributed by atoms with E-state index in [1.54, 1.807) is 24.3 Å². The second-order valence-corrected chi connectivity index (χ2v) is 9.40. The molecule has 0 radical (unpaired) electrons. The van der Waals surface area contributed by atoms with Gasteiger partial charge in [0.1, 0.15) is 6.04 Å². The lowest BCUT2D eigenvalue weighted by Gasteiger charge is -2.35. The Balaban J connectivity index is 1.71. The number of hydrogen-bond acceptors (Lipinski definition) is 4. The number of carboxylic acid groups (broad SMARTS) is 1. The molecule has 1 heterocycles. The molecule has 1 amide bonds. The van der Waals surface area contributed by atoms with Gasteiger partial charge in [0.25, 0.3) is 0 Å². The Morgan fingerprint density at radius 2 is 1.89 bits per heavy atom. The third-order valence-corrected chi connectivity index (χ3v) is 7.10. The Hall–Kier alpha value is -1.93. The van der Waals surface area contributed by atoms with Gasteiger partial charge in [-0.25, -0.2) is 17.5 Å². The summed E-state index contributed by atoms with van der Waals surface area (Å²) >= 11 is 0. The Morgan fingerprint density at radius 1 is 1.22 bits per heavy atom. The SMILES string of the molecule is CC(C(=O)O)N(C(=O)C1CCCN(S(=O)(=O)Cc2ccccc2)C1)C1CC1. The van der Waals surface area contributed by atoms with Gasteiger partial charge in [0.15, 0.2) is 0 Å². The van der Waals surface area contributed by atoms with Gasteiger partial charge in [0.05, 0.1) is 11.7 Å². The van der Waals surface area contributed by atoms with Crippen molar-refractivity contribution in [2.45, 2.75) is 50.4 Å². The summed E-state index contributed by atoms with van der Waals surface area (Å²) in [5, 5.41) is 9.32. The van der Waals surface area contributed by atoms with Gasteiger partial charge in [0.2, 0.25) is 15.9 Å². The van der Waals surface area contributed by atoms with Crippen molar-refractivity contribution in [3.05, 3.63) is 35.9 Å². The average molecular weight is 394 g/mol. The van der Waals surface area contributed by atoms with Crippen molar-refractivity contribution in [2.24, 2.45) is 5.92 Å². The minimum atomic E-state index is -3.52. The number of aliphatic carboxylic acids is 1. The highest BCUT2D eigenvalue weighted by atomic mass is 32.2. The molecule has 1 aliphatic carbocycles. The number of benzene rings is 1. The second-order valence-electron chi connectivity index (χ2n) is 7.43. The smallest absolute Gasteiger partial charge is 0.326 e. The van der Waals surface area contributed by atoms with Crippen molar-refractivity contribution in [1.82, 2.24) is 9.21 Å². The van der Waals surface area contributed by atoms with E-state index in [1.165, 1.54) is 16.1 Å². The van der Waals surface area contributed by atoms with Gasteiger partial charge >= 0.3 is 5.97 Å². The molecular formula is C19H26N2O5S. The zero-order valence-electron chi connectivity index (χ0n) is 15.5. The summed E-state index contributed by atoms with van der Waals surface area (Å²) < 4.78 is 27.0. The molecule has 1 aromatic rings. The van der Waals surface area contributed by atoms with Gasteiger partial charge < -0.3 is 10.0 Å². The topological polar surface area (TPSA) is 95.0 Å². The lowest BCUT2D eigenvalue weighted by atomic mass is 9.97. The molecule has 148 valence electrons. The van der Waals surface area contributed by atoms with Crippen LogP contribution in [0.15, 0.2) is 30.3 Å². The molecule has 1 aromatic carbocycles. The van der Waals surface area contributed by atoms with Crippen molar-refractivity contribution in [3.8, 4) is 0 Å². The summed E-state index contributed by atoms with van der Waals surface area (Å²) in [5.41, 5.74) is 0.713. The average Bonchev–Trinajstić information content (AvgIpc) is 3.47. The fourth-order valence-corrected chi connectivity index (χ4v) is 5.25. The van der Waals surface area contributed by atoms with E-state index in [0.29, 0.717) is 24.9 Å². The number of carbonyl (C=O) groups excluding carboxylic acids is 1. The van der Waals surface area contributed by atoms with Crippen LogP contribution in [0, 0.1) is 5.92 Å². The molecule has 7 nitrogen and oxygen atoms in total. The van der Waals surface area contributed by atoms with E-state index in [1.807, 2.05) is 6.07 Å². The zero-order chi connectivity index (χ0) is 19.6. The van der Waals surface area contributed by atoms with Crippen LogP contribution in [0.5, 0.6) is 0 Å². The van der Waals surface area contributed by atoms with Gasteiger partial charge in [0, 0.05) is 19.1 Å². The molecule has 0 bridgehead atoms. The number of carbonyl (C=O) groups is 2. The monoisotopic (exact) mass is 394 g/mol. The van der Waals surface area contributed by atoms with E-state index in [4.69, 9.17) is 0 Å². The molecule has 2 fully saturated rings. The highest BCUT2D eigenvalue weighted by Crippen LogP contribution is 2.32. The zero-order valence-corrected chi connectivity index (χ0v) is 16.3. The van der Waals surface area contributed by atoms with E-state index >= 15 is 0 Å². The summed E-state index contributed by atoms with van der Waals surface area (Å²) in [7, 11) is -3.52. The van der Waals surface area contributed by atoms with Crippen LogP contribution >= 0.6 is 0 Å². The van der Waals surface area contributed by atoms with Crippen molar-refractivity contribution in [1.29, 1.82) is 0 Å². The van der Waals surface area contributed by atoms with E-state index in [9.17, 15) is 23.1 Å².